The van der Waals surface area contributed by atoms with Gasteiger partial charge in [0, 0.05) is 29.3 Å². The van der Waals surface area contributed by atoms with Crippen molar-refractivity contribution in [1.82, 2.24) is 25.4 Å². The maximum Gasteiger partial charge on any atom is 0.337 e. The number of thiophene rings is 1. The molecule has 1 aliphatic heterocycles. The van der Waals surface area contributed by atoms with Crippen LogP contribution in [-0.4, -0.2) is 45.7 Å². The van der Waals surface area contributed by atoms with Crippen LogP contribution in [0.2, 0.25) is 0 Å². The number of nitrogens with zero attached hydrogens (tertiary/aromatic N) is 3. The Morgan fingerprint density at radius 3 is 2.82 bits per heavy atom. The second-order valence-corrected chi connectivity index (χ2v) is 9.29. The Labute approximate surface area is 200 Å². The first-order chi connectivity index (χ1) is 16.1. The molecule has 0 aliphatic carbocycles. The number of carbonyl (C=O) groups excluding carboxylic acids is 2. The summed E-state index contributed by atoms with van der Waals surface area (Å²) in [5, 5.41) is 17.1. The molecule has 3 heterocycles. The first-order valence-electron chi connectivity index (χ1n) is 10.7. The Kier molecular flexibility index (Phi) is 7.79. The molecule has 8 nitrogen and oxygen atoms in total. The van der Waals surface area contributed by atoms with Crippen molar-refractivity contribution in [3.63, 3.8) is 0 Å². The van der Waals surface area contributed by atoms with Crippen molar-refractivity contribution in [3.8, 4) is 0 Å². The number of ether oxygens (including phenoxy) is 1. The summed E-state index contributed by atoms with van der Waals surface area (Å²) >= 11 is 3.14. The highest BCUT2D eigenvalue weighted by atomic mass is 32.2. The number of hydrogen-bond donors (Lipinski definition) is 2. The third kappa shape index (κ3) is 6.02. The summed E-state index contributed by atoms with van der Waals surface area (Å²) in [5.41, 5.74) is 2.21. The molecule has 0 bridgehead atoms. The molecule has 4 rings (SSSR count). The van der Waals surface area contributed by atoms with E-state index in [9.17, 15) is 9.59 Å². The lowest BCUT2D eigenvalue weighted by Gasteiger charge is -2.21. The average Bonchev–Trinajstić information content (AvgIpc) is 3.47. The largest absolute Gasteiger partial charge is 0.463 e. The minimum Gasteiger partial charge on any atom is -0.463 e. The third-order valence-corrected chi connectivity index (χ3v) is 6.96. The van der Waals surface area contributed by atoms with E-state index in [2.05, 4.69) is 49.0 Å². The number of hydrogen-bond acceptors (Lipinski definition) is 7. The molecule has 0 fully saturated rings. The maximum absolute atomic E-state index is 12.3. The number of benzene rings is 1. The molecule has 0 saturated heterocycles. The topological polar surface area (TPSA) is 98.1 Å². The van der Waals surface area contributed by atoms with Crippen LogP contribution in [0.15, 0.2) is 64.3 Å². The van der Waals surface area contributed by atoms with Crippen molar-refractivity contribution in [2.75, 3.05) is 18.9 Å². The van der Waals surface area contributed by atoms with Crippen molar-refractivity contribution >= 4 is 35.1 Å². The van der Waals surface area contributed by atoms with Crippen molar-refractivity contribution in [2.24, 2.45) is 0 Å². The van der Waals surface area contributed by atoms with Gasteiger partial charge in [-0.2, -0.15) is 0 Å². The number of amides is 2. The summed E-state index contributed by atoms with van der Waals surface area (Å²) in [4.78, 5) is 25.4. The Balaban J connectivity index is 1.54. The van der Waals surface area contributed by atoms with Crippen LogP contribution in [0.25, 0.3) is 0 Å². The molecule has 172 valence electrons. The molecule has 2 amide bonds. The van der Waals surface area contributed by atoms with E-state index in [1.165, 1.54) is 22.2 Å². The summed E-state index contributed by atoms with van der Waals surface area (Å²) in [6, 6.07) is 14.1. The SMILES string of the molecule is CCOC(=O)C1=C(CSc2nnc(Cc3cccs3)n2CCc2ccccc2)NC(=O)NC1. The standard InChI is InChI=1S/C23H25N5O3S2/c1-2-31-21(29)18-14-24-22(30)25-19(18)15-33-23-27-26-20(13-17-9-6-12-32-17)28(23)11-10-16-7-4-3-5-8-16/h3-9,12H,2,10-11,13-15H2,1H3,(H2,24,25,30). The fourth-order valence-corrected chi connectivity index (χ4v) is 5.11. The lowest BCUT2D eigenvalue weighted by molar-refractivity contribution is -0.138. The van der Waals surface area contributed by atoms with E-state index in [0.29, 0.717) is 23.4 Å². The molecule has 0 spiro atoms. The zero-order valence-electron chi connectivity index (χ0n) is 18.2. The van der Waals surface area contributed by atoms with Crippen molar-refractivity contribution in [3.05, 3.63) is 75.4 Å². The molecule has 1 aromatic carbocycles. The van der Waals surface area contributed by atoms with Gasteiger partial charge in [-0.25, -0.2) is 9.59 Å². The van der Waals surface area contributed by atoms with Crippen molar-refractivity contribution < 1.29 is 14.3 Å². The van der Waals surface area contributed by atoms with E-state index in [-0.39, 0.29) is 19.2 Å². The highest BCUT2D eigenvalue weighted by Crippen LogP contribution is 2.24. The van der Waals surface area contributed by atoms with Crippen molar-refractivity contribution in [1.29, 1.82) is 0 Å². The zero-order valence-corrected chi connectivity index (χ0v) is 19.9. The van der Waals surface area contributed by atoms with Crippen LogP contribution in [0.5, 0.6) is 0 Å². The molecule has 2 aromatic heterocycles. The van der Waals surface area contributed by atoms with E-state index >= 15 is 0 Å². The van der Waals surface area contributed by atoms with Gasteiger partial charge in [0.25, 0.3) is 0 Å². The number of urea groups is 1. The van der Waals surface area contributed by atoms with Gasteiger partial charge in [-0.1, -0.05) is 48.2 Å². The molecule has 0 saturated carbocycles. The molecule has 0 radical (unpaired) electrons. The Bertz CT molecular complexity index is 1130. The molecule has 0 unspecified atom stereocenters. The molecule has 1 aliphatic rings. The first kappa shape index (κ1) is 23.1. The Hall–Kier alpha value is -3.11. The van der Waals surface area contributed by atoms with Crippen molar-refractivity contribution in [2.45, 2.75) is 31.5 Å². The molecule has 10 heteroatoms. The Morgan fingerprint density at radius 2 is 2.06 bits per heavy atom. The highest BCUT2D eigenvalue weighted by molar-refractivity contribution is 7.99. The van der Waals surface area contributed by atoms with E-state index in [4.69, 9.17) is 4.74 Å². The van der Waals surface area contributed by atoms with Gasteiger partial charge < -0.3 is 19.9 Å². The summed E-state index contributed by atoms with van der Waals surface area (Å²) in [5.74, 6) is 0.846. The van der Waals surface area contributed by atoms with Crippen LogP contribution in [0, 0.1) is 0 Å². The lowest BCUT2D eigenvalue weighted by atomic mass is 10.1. The molecule has 3 aromatic rings. The smallest absolute Gasteiger partial charge is 0.337 e. The van der Waals surface area contributed by atoms with Gasteiger partial charge in [0.1, 0.15) is 5.82 Å². The van der Waals surface area contributed by atoms with Crippen LogP contribution in [0.1, 0.15) is 23.2 Å². The van der Waals surface area contributed by atoms with Gasteiger partial charge >= 0.3 is 12.0 Å². The van der Waals surface area contributed by atoms with Gasteiger partial charge in [0.2, 0.25) is 0 Å². The highest BCUT2D eigenvalue weighted by Gasteiger charge is 2.24. The van der Waals surface area contributed by atoms with Crippen LogP contribution in [-0.2, 0) is 28.9 Å². The minimum atomic E-state index is -0.426. The second-order valence-electron chi connectivity index (χ2n) is 7.32. The summed E-state index contributed by atoms with van der Waals surface area (Å²) in [6.07, 6.45) is 1.55. The fraction of sp³-hybridized carbons (Fsp3) is 0.304. The van der Waals surface area contributed by atoms with Gasteiger partial charge in [-0.15, -0.1) is 21.5 Å². The van der Waals surface area contributed by atoms with Crippen LogP contribution in [0.4, 0.5) is 4.79 Å². The summed E-state index contributed by atoms with van der Waals surface area (Å²) in [7, 11) is 0. The minimum absolute atomic E-state index is 0.144. The van der Waals surface area contributed by atoms with E-state index in [1.807, 2.05) is 24.3 Å². The number of carbonyl (C=O) groups is 2. The van der Waals surface area contributed by atoms with E-state index < -0.39 is 5.97 Å². The van der Waals surface area contributed by atoms with Gasteiger partial charge in [0.05, 0.1) is 18.7 Å². The molecular weight excluding hydrogens is 458 g/mol. The predicted octanol–water partition coefficient (Wildman–Crippen LogP) is 3.40. The summed E-state index contributed by atoms with van der Waals surface area (Å²) < 4.78 is 7.27. The van der Waals surface area contributed by atoms with E-state index in [1.54, 1.807) is 18.3 Å². The normalized spacial score (nSPS) is 13.5. The number of nitrogens with one attached hydrogen (secondary N) is 2. The average molecular weight is 484 g/mol. The predicted molar refractivity (Wildman–Crippen MR) is 128 cm³/mol. The summed E-state index contributed by atoms with van der Waals surface area (Å²) in [6.45, 7) is 2.91. The quantitative estimate of drug-likeness (QED) is 0.339. The van der Waals surface area contributed by atoms with Crippen LogP contribution >= 0.6 is 23.1 Å². The zero-order chi connectivity index (χ0) is 23.0. The lowest BCUT2D eigenvalue weighted by Crippen LogP contribution is -2.44. The van der Waals surface area contributed by atoms with E-state index in [0.717, 1.165) is 23.9 Å². The molecule has 2 N–H and O–H groups in total. The van der Waals surface area contributed by atoms with Gasteiger partial charge in [-0.05, 0) is 30.4 Å². The van der Waals surface area contributed by atoms with Crippen LogP contribution in [0.3, 0.4) is 0 Å². The number of rotatable bonds is 10. The molecule has 0 atom stereocenters. The fourth-order valence-electron chi connectivity index (χ4n) is 3.44. The number of aromatic nitrogens is 3. The first-order valence-corrected chi connectivity index (χ1v) is 12.6. The molecular formula is C23H25N5O3S2. The second kappa shape index (κ2) is 11.2. The Morgan fingerprint density at radius 1 is 1.21 bits per heavy atom. The molecule has 33 heavy (non-hydrogen) atoms. The number of esters is 1. The number of aryl methyl sites for hydroxylation is 1. The monoisotopic (exact) mass is 483 g/mol. The maximum atomic E-state index is 12.3. The van der Waals surface area contributed by atoms with Gasteiger partial charge in [0.15, 0.2) is 5.16 Å². The van der Waals surface area contributed by atoms with Gasteiger partial charge in [-0.3, -0.25) is 0 Å². The third-order valence-electron chi connectivity index (χ3n) is 5.09. The van der Waals surface area contributed by atoms with Crippen LogP contribution < -0.4 is 10.6 Å². The number of thioether (sulfide) groups is 1.